The number of aryl methyl sites for hydroxylation is 2. The molecule has 1 fully saturated rings. The van der Waals surface area contributed by atoms with Crippen LogP contribution in [0.4, 0.5) is 45.5 Å². The lowest BCUT2D eigenvalue weighted by Gasteiger charge is -2.51. The third kappa shape index (κ3) is 5.80. The maximum Gasteiger partial charge on any atom is 0.252 e. The third-order valence-corrected chi connectivity index (χ3v) is 22.6. The van der Waals surface area contributed by atoms with Gasteiger partial charge < -0.3 is 14.7 Å². The molecule has 0 N–H and O–H groups in total. The van der Waals surface area contributed by atoms with Crippen molar-refractivity contribution in [1.82, 2.24) is 0 Å². The number of hydrogen-bond acceptors (Lipinski definition) is 4. The summed E-state index contributed by atoms with van der Waals surface area (Å²) in [5.74, 6) is 0. The first-order valence-corrected chi connectivity index (χ1v) is 29.4. The molecule has 3 atom stereocenters. The summed E-state index contributed by atoms with van der Waals surface area (Å²) in [6.45, 7) is 35.1. The monoisotopic (exact) mass is 1000 g/mol. The highest BCUT2D eigenvalue weighted by atomic mass is 32.1. The molecule has 3 aliphatic carbocycles. The van der Waals surface area contributed by atoms with Gasteiger partial charge in [0.25, 0.3) is 6.71 Å². The van der Waals surface area contributed by atoms with Crippen LogP contribution in [0.25, 0.3) is 20.2 Å². The van der Waals surface area contributed by atoms with Crippen LogP contribution < -0.4 is 31.1 Å². The quantitative estimate of drug-likeness (QED) is 0.152. The normalized spacial score (nSPS) is 24.7. The molecule has 0 amide bonds. The number of nitrogens with zero attached hydrogens (tertiary/aromatic N) is 3. The van der Waals surface area contributed by atoms with E-state index in [4.69, 9.17) is 0 Å². The van der Waals surface area contributed by atoms with Crippen molar-refractivity contribution in [3.8, 4) is 0 Å². The summed E-state index contributed by atoms with van der Waals surface area (Å²) >= 11 is 1.95. The number of benzene rings is 7. The van der Waals surface area contributed by atoms with Gasteiger partial charge in [-0.1, -0.05) is 144 Å². The Morgan fingerprint density at radius 1 is 0.507 bits per heavy atom. The van der Waals surface area contributed by atoms with E-state index < -0.39 is 0 Å². The highest BCUT2D eigenvalue weighted by Gasteiger charge is 2.59. The third-order valence-electron chi connectivity index (χ3n) is 21.4. The summed E-state index contributed by atoms with van der Waals surface area (Å²) in [6.07, 6.45) is 8.29. The summed E-state index contributed by atoms with van der Waals surface area (Å²) in [4.78, 5) is 8.40. The Bertz CT molecular complexity index is 3900. The van der Waals surface area contributed by atoms with E-state index in [9.17, 15) is 0 Å². The molecule has 5 heterocycles. The van der Waals surface area contributed by atoms with E-state index in [1.54, 1.807) is 5.56 Å². The predicted molar refractivity (Wildman–Crippen MR) is 324 cm³/mol. The van der Waals surface area contributed by atoms with Crippen LogP contribution in [0.5, 0.6) is 0 Å². The van der Waals surface area contributed by atoms with E-state index in [0.717, 1.165) is 19.3 Å². The van der Waals surface area contributed by atoms with Crippen LogP contribution in [0.3, 0.4) is 0 Å². The lowest BCUT2D eigenvalue weighted by Crippen LogP contribution is -2.61. The molecular formula is C70H74BN3S. The second-order valence-corrected chi connectivity index (χ2v) is 29.5. The van der Waals surface area contributed by atoms with Crippen molar-refractivity contribution in [2.45, 2.75) is 180 Å². The lowest BCUT2D eigenvalue weighted by molar-refractivity contribution is 0.195. The van der Waals surface area contributed by atoms with E-state index in [2.05, 4.69) is 221 Å². The zero-order valence-corrected chi connectivity index (χ0v) is 48.0. The molecule has 7 aliphatic rings. The molecule has 1 aromatic heterocycles. The van der Waals surface area contributed by atoms with Gasteiger partial charge in [-0.3, -0.25) is 0 Å². The summed E-state index contributed by atoms with van der Waals surface area (Å²) in [5, 5.41) is 2.68. The molecule has 0 radical (unpaired) electrons. The summed E-state index contributed by atoms with van der Waals surface area (Å²) in [7, 11) is 0. The van der Waals surface area contributed by atoms with Crippen LogP contribution >= 0.6 is 11.3 Å². The van der Waals surface area contributed by atoms with E-state index in [-0.39, 0.29) is 44.7 Å². The van der Waals surface area contributed by atoms with Crippen molar-refractivity contribution < 1.29 is 0 Å². The number of hydrogen-bond donors (Lipinski definition) is 0. The molecule has 3 nitrogen and oxygen atoms in total. The van der Waals surface area contributed by atoms with E-state index in [1.165, 1.54) is 152 Å². The Labute approximate surface area is 451 Å². The number of rotatable bonds is 1. The Kier molecular flexibility index (Phi) is 8.94. The Hall–Kier alpha value is -5.78. The van der Waals surface area contributed by atoms with Crippen molar-refractivity contribution in [2.24, 2.45) is 0 Å². The van der Waals surface area contributed by atoms with Gasteiger partial charge in [-0.15, -0.1) is 11.3 Å². The van der Waals surface area contributed by atoms with Gasteiger partial charge in [0.05, 0.1) is 15.9 Å². The van der Waals surface area contributed by atoms with Gasteiger partial charge in [0, 0.05) is 66.1 Å². The van der Waals surface area contributed by atoms with E-state index >= 15 is 0 Å². The summed E-state index contributed by atoms with van der Waals surface area (Å²) < 4.78 is 2.69. The molecule has 5 heteroatoms. The van der Waals surface area contributed by atoms with Crippen molar-refractivity contribution in [1.29, 1.82) is 0 Å². The van der Waals surface area contributed by atoms with Gasteiger partial charge in [0.15, 0.2) is 0 Å². The molecule has 15 rings (SSSR count). The second-order valence-electron chi connectivity index (χ2n) is 28.4. The average molecular weight is 1000 g/mol. The lowest BCUT2D eigenvalue weighted by atomic mass is 9.33. The average Bonchev–Trinajstić information content (AvgIpc) is 3.97. The van der Waals surface area contributed by atoms with Gasteiger partial charge in [0.2, 0.25) is 0 Å². The Morgan fingerprint density at radius 2 is 1.16 bits per heavy atom. The molecule has 0 spiro atoms. The predicted octanol–water partition coefficient (Wildman–Crippen LogP) is 17.4. The molecule has 0 saturated heterocycles. The first-order valence-electron chi connectivity index (χ1n) is 28.6. The van der Waals surface area contributed by atoms with Crippen LogP contribution in [-0.4, -0.2) is 12.3 Å². The molecule has 7 aromatic carbocycles. The van der Waals surface area contributed by atoms with Crippen LogP contribution in [0.1, 0.15) is 178 Å². The molecule has 75 heavy (non-hydrogen) atoms. The maximum atomic E-state index is 2.90. The summed E-state index contributed by atoms with van der Waals surface area (Å²) in [6, 6.07) is 45.3. The molecule has 4 aliphatic heterocycles. The zero-order chi connectivity index (χ0) is 52.1. The number of thiophene rings is 1. The zero-order valence-electron chi connectivity index (χ0n) is 47.2. The molecular weight excluding hydrogens is 926 g/mol. The minimum Gasteiger partial charge on any atom is -0.334 e. The minimum absolute atomic E-state index is 0.00624. The maximum absolute atomic E-state index is 2.90. The molecule has 378 valence electrons. The standard InChI is InChI=1S/C70H74BN3S/c1-40-30-59-62-60(31-40)73-55-37-50-46(32-41(55)2)65(6,7)28-29-68(50,12)49-38-56-51(34-45(49)64(3,4)5)69(13)26-17-18-27-70(69,14)74(56)42-24-25-52(57(73)33-42)71(62)53-35-47-48(67(10,11)39-66(47,8)9)36-58(53)72(59)54-22-19-21-44-43-20-15-16-23-61(43)75-63(44)54/h15-16,19-25,30-38H,17-18,26-29,39H2,1-14H3. The highest BCUT2D eigenvalue weighted by Crippen LogP contribution is 2.64. The van der Waals surface area contributed by atoms with Gasteiger partial charge >= 0.3 is 0 Å². The topological polar surface area (TPSA) is 9.72 Å². The van der Waals surface area contributed by atoms with E-state index in [0.29, 0.717) is 0 Å². The number of fused-ring (bicyclic) bond motifs is 17. The number of anilines is 8. The van der Waals surface area contributed by atoms with Gasteiger partial charge in [-0.2, -0.15) is 0 Å². The largest absolute Gasteiger partial charge is 0.334 e. The van der Waals surface area contributed by atoms with Crippen molar-refractivity contribution in [2.75, 3.05) is 14.7 Å². The van der Waals surface area contributed by atoms with Gasteiger partial charge in [-0.25, -0.2) is 0 Å². The fourth-order valence-corrected chi connectivity index (χ4v) is 18.7. The van der Waals surface area contributed by atoms with Crippen molar-refractivity contribution >= 4 is 100 Å². The van der Waals surface area contributed by atoms with Crippen molar-refractivity contribution in [3.63, 3.8) is 0 Å². The van der Waals surface area contributed by atoms with Crippen LogP contribution in [-0.2, 0) is 32.5 Å². The molecule has 6 bridgehead atoms. The smallest absolute Gasteiger partial charge is 0.252 e. The van der Waals surface area contributed by atoms with Crippen molar-refractivity contribution in [3.05, 3.63) is 159 Å². The fourth-order valence-electron chi connectivity index (χ4n) is 17.5. The van der Waals surface area contributed by atoms with E-state index in [1.807, 2.05) is 11.3 Å². The van der Waals surface area contributed by atoms with Crippen LogP contribution in [0, 0.1) is 13.8 Å². The first kappa shape index (κ1) is 46.5. The SMILES string of the molecule is Cc1cc2c3c(c1)N(c1cccc4c1sc1ccccc14)c1cc4c(cc1B3c1ccc3cc1N2c1cc2c(cc1C)C(C)(C)CCC2(C)c1cc2c(cc1C(C)(C)C)C1(C)CCCCC1(C)N32)C(C)(C)CC4(C)C. The van der Waals surface area contributed by atoms with Crippen LogP contribution in [0.15, 0.2) is 109 Å². The molecule has 8 aromatic rings. The second kappa shape index (κ2) is 14.4. The summed E-state index contributed by atoms with van der Waals surface area (Å²) in [5.41, 5.74) is 28.0. The first-order chi connectivity index (χ1) is 35.4. The highest BCUT2D eigenvalue weighted by molar-refractivity contribution is 7.26. The Balaban J connectivity index is 1.09. The van der Waals surface area contributed by atoms with Gasteiger partial charge in [0.1, 0.15) is 0 Å². The molecule has 3 unspecified atom stereocenters. The Morgan fingerprint density at radius 3 is 1.92 bits per heavy atom. The molecule has 1 saturated carbocycles. The fraction of sp³-hybridized carbons (Fsp3) is 0.400. The van der Waals surface area contributed by atoms with Gasteiger partial charge in [-0.05, 0) is 196 Å². The minimum atomic E-state index is -0.202. The van der Waals surface area contributed by atoms with Crippen LogP contribution in [0.2, 0.25) is 0 Å².